The van der Waals surface area contributed by atoms with Crippen molar-refractivity contribution < 1.29 is 26.0 Å². The number of hydrogen-bond acceptors (Lipinski definition) is 7. The second-order valence-electron chi connectivity index (χ2n) is 7.50. The Hall–Kier alpha value is -3.77. The van der Waals surface area contributed by atoms with Crippen LogP contribution in [0.3, 0.4) is 0 Å². The molecule has 1 heterocycles. The molecule has 0 unspecified atom stereocenters. The van der Waals surface area contributed by atoms with E-state index in [4.69, 9.17) is 9.15 Å². The van der Waals surface area contributed by atoms with E-state index in [0.29, 0.717) is 5.52 Å². The van der Waals surface area contributed by atoms with Crippen LogP contribution < -0.4 is 19.9 Å². The fraction of sp³-hybridized carbons (Fsp3) is 0.136. The summed E-state index contributed by atoms with van der Waals surface area (Å²) in [5, 5.41) is 0. The number of sulfonamides is 2. The molecule has 10 nitrogen and oxygen atoms in total. The molecule has 1 aromatic heterocycles. The zero-order valence-electron chi connectivity index (χ0n) is 18.4. The number of aryl methyl sites for hydroxylation is 2. The maximum Gasteiger partial charge on any atom is 0.419 e. The molecule has 0 aliphatic carbocycles. The topological polar surface area (TPSA) is 137 Å². The first-order chi connectivity index (χ1) is 16.0. The lowest BCUT2D eigenvalue weighted by atomic mass is 10.2. The van der Waals surface area contributed by atoms with Gasteiger partial charge in [-0.05, 0) is 61.0 Å². The van der Waals surface area contributed by atoms with Crippen molar-refractivity contribution in [3.63, 3.8) is 0 Å². The third kappa shape index (κ3) is 4.50. The maximum absolute atomic E-state index is 12.8. The first-order valence-electron chi connectivity index (χ1n) is 9.90. The smallest absolute Gasteiger partial charge is 0.419 e. The van der Waals surface area contributed by atoms with E-state index in [9.17, 15) is 21.6 Å². The van der Waals surface area contributed by atoms with E-state index in [0.717, 1.165) is 5.56 Å². The summed E-state index contributed by atoms with van der Waals surface area (Å²) in [5.41, 5.74) is 1.81. The second-order valence-corrected chi connectivity index (χ2v) is 10.8. The summed E-state index contributed by atoms with van der Waals surface area (Å²) in [6.07, 6.45) is 0. The van der Waals surface area contributed by atoms with E-state index in [-0.39, 0.29) is 32.5 Å². The molecule has 0 aliphatic rings. The highest BCUT2D eigenvalue weighted by molar-refractivity contribution is 7.93. The van der Waals surface area contributed by atoms with Crippen molar-refractivity contribution in [3.05, 3.63) is 76.8 Å². The van der Waals surface area contributed by atoms with Gasteiger partial charge in [0.05, 0.1) is 17.5 Å². The second kappa shape index (κ2) is 8.54. The summed E-state index contributed by atoms with van der Waals surface area (Å²) in [6, 6.07) is 14.6. The number of anilines is 2. The van der Waals surface area contributed by atoms with Crippen molar-refractivity contribution in [1.82, 2.24) is 4.57 Å². The minimum atomic E-state index is -3.99. The van der Waals surface area contributed by atoms with Gasteiger partial charge < -0.3 is 9.15 Å². The van der Waals surface area contributed by atoms with Crippen molar-refractivity contribution in [2.24, 2.45) is 7.05 Å². The number of nitrogens with one attached hydrogen (secondary N) is 2. The molecule has 0 atom stereocenters. The highest BCUT2D eigenvalue weighted by Crippen LogP contribution is 2.28. The Morgan fingerprint density at radius 2 is 1.47 bits per heavy atom. The van der Waals surface area contributed by atoms with Crippen molar-refractivity contribution >= 4 is 42.5 Å². The van der Waals surface area contributed by atoms with E-state index in [1.54, 1.807) is 19.1 Å². The molecular formula is C22H21N3O7S2. The Morgan fingerprint density at radius 1 is 0.853 bits per heavy atom. The molecule has 3 aromatic carbocycles. The van der Waals surface area contributed by atoms with Crippen LogP contribution in [0.4, 0.5) is 11.4 Å². The first kappa shape index (κ1) is 23.4. The summed E-state index contributed by atoms with van der Waals surface area (Å²) < 4.78 is 67.6. The van der Waals surface area contributed by atoms with Gasteiger partial charge in [-0.1, -0.05) is 6.07 Å². The molecule has 0 saturated carbocycles. The standard InChI is InChI=1S/C22H21N3O7S2/c1-14-4-11-19(31-3)21(12-14)34(29,30)24-16-7-5-15(6-8-16)23-33(27,28)17-9-10-18-20(13-17)32-22(26)25(18)2/h4-13,23-24H,1-3H3. The zero-order valence-corrected chi connectivity index (χ0v) is 20.0. The van der Waals surface area contributed by atoms with Crippen LogP contribution in [0.15, 0.2) is 79.7 Å². The van der Waals surface area contributed by atoms with E-state index in [1.165, 1.54) is 67.3 Å². The maximum atomic E-state index is 12.8. The molecule has 12 heteroatoms. The average molecular weight is 504 g/mol. The van der Waals surface area contributed by atoms with Crippen LogP contribution >= 0.6 is 0 Å². The Morgan fingerprint density at radius 3 is 2.09 bits per heavy atom. The Labute approximate surface area is 195 Å². The molecule has 2 N–H and O–H groups in total. The van der Waals surface area contributed by atoms with Gasteiger partial charge in [0.2, 0.25) is 0 Å². The van der Waals surface area contributed by atoms with E-state index in [2.05, 4.69) is 9.44 Å². The molecule has 0 spiro atoms. The van der Waals surface area contributed by atoms with E-state index in [1.807, 2.05) is 0 Å². The van der Waals surface area contributed by atoms with Gasteiger partial charge in [0.15, 0.2) is 5.58 Å². The summed E-state index contributed by atoms with van der Waals surface area (Å²) in [5.74, 6) is -0.396. The normalized spacial score (nSPS) is 12.0. The van der Waals surface area contributed by atoms with E-state index < -0.39 is 25.8 Å². The number of benzene rings is 3. The highest BCUT2D eigenvalue weighted by atomic mass is 32.2. The largest absolute Gasteiger partial charge is 0.495 e. The minimum Gasteiger partial charge on any atom is -0.495 e. The highest BCUT2D eigenvalue weighted by Gasteiger charge is 2.21. The molecule has 4 aromatic rings. The molecule has 0 saturated heterocycles. The Kier molecular flexibility index (Phi) is 5.87. The fourth-order valence-electron chi connectivity index (χ4n) is 3.31. The summed E-state index contributed by atoms with van der Waals surface area (Å²) in [7, 11) is -5.03. The molecule has 178 valence electrons. The third-order valence-electron chi connectivity index (χ3n) is 5.07. The predicted octanol–water partition coefficient (Wildman–Crippen LogP) is 3.05. The van der Waals surface area contributed by atoms with Gasteiger partial charge >= 0.3 is 5.76 Å². The number of rotatable bonds is 7. The Bertz CT molecular complexity index is 1650. The van der Waals surface area contributed by atoms with E-state index >= 15 is 0 Å². The van der Waals surface area contributed by atoms with Crippen molar-refractivity contribution in [2.45, 2.75) is 16.7 Å². The fourth-order valence-corrected chi connectivity index (χ4v) is 5.69. The number of oxazole rings is 1. The quantitative estimate of drug-likeness (QED) is 0.395. The van der Waals surface area contributed by atoms with Crippen molar-refractivity contribution in [2.75, 3.05) is 16.6 Å². The van der Waals surface area contributed by atoms with Gasteiger partial charge in [-0.3, -0.25) is 14.0 Å². The number of hydrogen-bond donors (Lipinski definition) is 2. The SMILES string of the molecule is COc1ccc(C)cc1S(=O)(=O)Nc1ccc(NS(=O)(=O)c2ccc3c(c2)oc(=O)n3C)cc1. The summed E-state index contributed by atoms with van der Waals surface area (Å²) in [6.45, 7) is 1.77. The van der Waals surface area contributed by atoms with Crippen LogP contribution in [0.2, 0.25) is 0 Å². The van der Waals surface area contributed by atoms with Gasteiger partial charge in [0.25, 0.3) is 20.0 Å². The monoisotopic (exact) mass is 503 g/mol. The van der Waals surface area contributed by atoms with Crippen molar-refractivity contribution in [3.8, 4) is 5.75 Å². The summed E-state index contributed by atoms with van der Waals surface area (Å²) in [4.78, 5) is 11.5. The molecular weight excluding hydrogens is 482 g/mol. The lowest BCUT2D eigenvalue weighted by Gasteiger charge is -2.13. The lowest BCUT2D eigenvalue weighted by molar-refractivity contribution is 0.402. The average Bonchev–Trinajstić information content (AvgIpc) is 3.07. The van der Waals surface area contributed by atoms with Crippen LogP contribution in [-0.2, 0) is 27.1 Å². The van der Waals surface area contributed by atoms with Gasteiger partial charge in [0.1, 0.15) is 10.6 Å². The van der Waals surface area contributed by atoms with Crippen molar-refractivity contribution in [1.29, 1.82) is 0 Å². The molecule has 0 fully saturated rings. The number of methoxy groups -OCH3 is 1. The van der Waals surface area contributed by atoms with Crippen LogP contribution in [0.5, 0.6) is 5.75 Å². The Balaban J connectivity index is 1.55. The molecule has 34 heavy (non-hydrogen) atoms. The molecule has 4 rings (SSSR count). The number of nitrogens with zero attached hydrogens (tertiary/aromatic N) is 1. The molecule has 0 aliphatic heterocycles. The molecule has 0 bridgehead atoms. The van der Waals surface area contributed by atoms with Gasteiger partial charge in [-0.2, -0.15) is 0 Å². The minimum absolute atomic E-state index is 0.0114. The summed E-state index contributed by atoms with van der Waals surface area (Å²) >= 11 is 0. The van der Waals surface area contributed by atoms with Crippen LogP contribution in [0.1, 0.15) is 5.56 Å². The predicted molar refractivity (Wildman–Crippen MR) is 127 cm³/mol. The van der Waals surface area contributed by atoms with Gasteiger partial charge in [-0.15, -0.1) is 0 Å². The molecule has 0 amide bonds. The van der Waals surface area contributed by atoms with Crippen LogP contribution in [0, 0.1) is 6.92 Å². The van der Waals surface area contributed by atoms with Crippen LogP contribution in [0.25, 0.3) is 11.1 Å². The molecule has 0 radical (unpaired) electrons. The van der Waals surface area contributed by atoms with Gasteiger partial charge in [-0.25, -0.2) is 21.6 Å². The zero-order chi connectivity index (χ0) is 24.7. The lowest BCUT2D eigenvalue weighted by Crippen LogP contribution is -2.15. The third-order valence-corrected chi connectivity index (χ3v) is 7.85. The number of fused-ring (bicyclic) bond motifs is 1. The number of aromatic nitrogens is 1. The first-order valence-corrected chi connectivity index (χ1v) is 12.9. The van der Waals surface area contributed by atoms with Gasteiger partial charge in [0, 0.05) is 24.5 Å². The van der Waals surface area contributed by atoms with Crippen LogP contribution in [-0.4, -0.2) is 28.5 Å². The number of ether oxygens (including phenoxy) is 1.